The predicted octanol–water partition coefficient (Wildman–Crippen LogP) is 2.57. The van der Waals surface area contributed by atoms with Crippen molar-refractivity contribution in [2.75, 3.05) is 38.3 Å². The summed E-state index contributed by atoms with van der Waals surface area (Å²) >= 11 is 0. The van der Waals surface area contributed by atoms with Crippen molar-refractivity contribution in [1.29, 1.82) is 0 Å². The Bertz CT molecular complexity index is 838. The number of likely N-dealkylation sites (tertiary alicyclic amines) is 1. The van der Waals surface area contributed by atoms with E-state index in [0.717, 1.165) is 55.0 Å². The average molecular weight is 366 g/mol. The lowest BCUT2D eigenvalue weighted by molar-refractivity contribution is -0.125. The summed E-state index contributed by atoms with van der Waals surface area (Å²) in [6.45, 7) is 2.72. The highest BCUT2D eigenvalue weighted by atomic mass is 16.5. The summed E-state index contributed by atoms with van der Waals surface area (Å²) in [4.78, 5) is 17.4. The lowest BCUT2D eigenvalue weighted by Crippen LogP contribution is -2.51. The Morgan fingerprint density at radius 3 is 2.78 bits per heavy atom. The molecular weight excluding hydrogens is 340 g/mol. The Kier molecular flexibility index (Phi) is 4.89. The summed E-state index contributed by atoms with van der Waals surface area (Å²) in [7, 11) is 1.88. The predicted molar refractivity (Wildman–Crippen MR) is 105 cm³/mol. The second-order valence-electron chi connectivity index (χ2n) is 7.46. The summed E-state index contributed by atoms with van der Waals surface area (Å²) in [6, 6.07) is 16.1. The van der Waals surface area contributed by atoms with Gasteiger partial charge in [-0.05, 0) is 37.1 Å². The van der Waals surface area contributed by atoms with E-state index in [4.69, 9.17) is 9.84 Å². The van der Waals surface area contributed by atoms with E-state index in [0.29, 0.717) is 0 Å². The molecule has 1 saturated heterocycles. The highest BCUT2D eigenvalue weighted by Gasteiger charge is 2.51. The van der Waals surface area contributed by atoms with Crippen LogP contribution in [0.25, 0.3) is 0 Å². The lowest BCUT2D eigenvalue weighted by atomic mass is 9.75. The van der Waals surface area contributed by atoms with E-state index < -0.39 is 5.41 Å². The number of likely N-dealkylation sites (N-methyl/N-ethyl adjacent to an activating group) is 1. The van der Waals surface area contributed by atoms with Crippen molar-refractivity contribution < 1.29 is 14.6 Å². The molecule has 4 rings (SSSR count). The van der Waals surface area contributed by atoms with Crippen LogP contribution in [0.2, 0.25) is 0 Å². The molecule has 2 aliphatic heterocycles. The molecule has 0 saturated carbocycles. The molecule has 2 aromatic rings. The molecule has 1 N–H and O–H groups in total. The Labute approximate surface area is 160 Å². The van der Waals surface area contributed by atoms with Gasteiger partial charge in [-0.25, -0.2) is 0 Å². The zero-order chi connectivity index (χ0) is 18.9. The number of aliphatic hydroxyl groups is 1. The van der Waals surface area contributed by atoms with Crippen LogP contribution < -0.4 is 9.64 Å². The molecule has 1 spiro atoms. The minimum atomic E-state index is -0.440. The number of amides is 1. The molecule has 0 radical (unpaired) electrons. The van der Waals surface area contributed by atoms with Gasteiger partial charge in [0.15, 0.2) is 0 Å². The Morgan fingerprint density at radius 2 is 1.93 bits per heavy atom. The molecule has 1 atom stereocenters. The normalized spacial score (nSPS) is 22.3. The van der Waals surface area contributed by atoms with Crippen LogP contribution in [0.15, 0.2) is 48.5 Å². The van der Waals surface area contributed by atoms with Gasteiger partial charge >= 0.3 is 0 Å². The van der Waals surface area contributed by atoms with Crippen LogP contribution in [0, 0.1) is 0 Å². The number of anilines is 1. The molecule has 2 aliphatic rings. The second kappa shape index (κ2) is 7.33. The maximum atomic E-state index is 13.2. The van der Waals surface area contributed by atoms with Gasteiger partial charge in [0.1, 0.15) is 12.4 Å². The summed E-state index contributed by atoms with van der Waals surface area (Å²) in [5.41, 5.74) is 2.85. The molecule has 2 heterocycles. The molecule has 0 aliphatic carbocycles. The smallest absolute Gasteiger partial charge is 0.238 e. The average Bonchev–Trinajstić information content (AvgIpc) is 2.90. The van der Waals surface area contributed by atoms with Gasteiger partial charge in [0.05, 0.1) is 12.0 Å². The SMILES string of the molecule is CN1C(=O)[C@]2(CCCN(Cc3ccccc3OCCO)C2)c2ccccc21. The third kappa shape index (κ3) is 3.11. The number of hydrogen-bond donors (Lipinski definition) is 1. The standard InChI is InChI=1S/C22H26N2O3/c1-23-19-9-4-3-8-18(19)22(21(23)26)11-6-12-24(16-22)15-17-7-2-5-10-20(17)27-14-13-25/h2-5,7-10,25H,6,11-16H2,1H3/t22-/m0/s1. The van der Waals surface area contributed by atoms with Crippen molar-refractivity contribution in [3.05, 3.63) is 59.7 Å². The molecule has 2 aromatic carbocycles. The first-order chi connectivity index (χ1) is 13.2. The monoisotopic (exact) mass is 366 g/mol. The van der Waals surface area contributed by atoms with E-state index in [-0.39, 0.29) is 19.1 Å². The van der Waals surface area contributed by atoms with Gasteiger partial charge in [0.2, 0.25) is 5.91 Å². The van der Waals surface area contributed by atoms with E-state index in [2.05, 4.69) is 17.0 Å². The van der Waals surface area contributed by atoms with E-state index in [9.17, 15) is 4.79 Å². The number of benzene rings is 2. The third-order valence-electron chi connectivity index (χ3n) is 5.78. The number of para-hydroxylation sites is 2. The van der Waals surface area contributed by atoms with Crippen LogP contribution in [-0.2, 0) is 16.8 Å². The Balaban J connectivity index is 1.59. The quantitative estimate of drug-likeness (QED) is 0.884. The molecule has 1 amide bonds. The molecule has 1 fully saturated rings. The number of carbonyl (C=O) groups excluding carboxylic acids is 1. The maximum Gasteiger partial charge on any atom is 0.238 e. The number of aliphatic hydroxyl groups excluding tert-OH is 1. The van der Waals surface area contributed by atoms with Gasteiger partial charge < -0.3 is 14.7 Å². The Hall–Kier alpha value is -2.37. The number of hydrogen-bond acceptors (Lipinski definition) is 4. The second-order valence-corrected chi connectivity index (χ2v) is 7.46. The number of piperidine rings is 1. The fraction of sp³-hybridized carbons (Fsp3) is 0.409. The number of ether oxygens (including phenoxy) is 1. The van der Waals surface area contributed by atoms with Crippen LogP contribution in [0.1, 0.15) is 24.0 Å². The number of fused-ring (bicyclic) bond motifs is 2. The highest BCUT2D eigenvalue weighted by molar-refractivity contribution is 6.08. The van der Waals surface area contributed by atoms with Gasteiger partial charge in [-0.1, -0.05) is 36.4 Å². The largest absolute Gasteiger partial charge is 0.491 e. The van der Waals surface area contributed by atoms with Crippen molar-refractivity contribution in [3.8, 4) is 5.75 Å². The minimum Gasteiger partial charge on any atom is -0.491 e. The van der Waals surface area contributed by atoms with E-state index >= 15 is 0 Å². The zero-order valence-corrected chi connectivity index (χ0v) is 15.7. The molecule has 27 heavy (non-hydrogen) atoms. The first kappa shape index (κ1) is 18.0. The first-order valence-corrected chi connectivity index (χ1v) is 9.57. The van der Waals surface area contributed by atoms with Crippen molar-refractivity contribution in [3.63, 3.8) is 0 Å². The number of rotatable bonds is 5. The van der Waals surface area contributed by atoms with Crippen LogP contribution in [-0.4, -0.2) is 49.3 Å². The molecule has 0 bridgehead atoms. The summed E-state index contributed by atoms with van der Waals surface area (Å²) in [6.07, 6.45) is 1.89. The zero-order valence-electron chi connectivity index (χ0n) is 15.7. The van der Waals surface area contributed by atoms with Crippen molar-refractivity contribution >= 4 is 11.6 Å². The van der Waals surface area contributed by atoms with Gasteiger partial charge in [0.25, 0.3) is 0 Å². The highest BCUT2D eigenvalue weighted by Crippen LogP contribution is 2.46. The Morgan fingerprint density at radius 1 is 1.15 bits per heavy atom. The van der Waals surface area contributed by atoms with Crippen molar-refractivity contribution in [1.82, 2.24) is 4.90 Å². The van der Waals surface area contributed by atoms with Crippen LogP contribution >= 0.6 is 0 Å². The molecule has 0 unspecified atom stereocenters. The molecule has 5 heteroatoms. The molecule has 5 nitrogen and oxygen atoms in total. The number of carbonyl (C=O) groups is 1. The molecule has 0 aromatic heterocycles. The fourth-order valence-corrected chi connectivity index (χ4v) is 4.56. The number of nitrogens with zero attached hydrogens (tertiary/aromatic N) is 2. The van der Waals surface area contributed by atoms with Crippen LogP contribution in [0.4, 0.5) is 5.69 Å². The minimum absolute atomic E-state index is 0.00121. The lowest BCUT2D eigenvalue weighted by Gasteiger charge is -2.39. The van der Waals surface area contributed by atoms with Gasteiger partial charge in [-0.3, -0.25) is 9.69 Å². The van der Waals surface area contributed by atoms with E-state index in [1.807, 2.05) is 48.3 Å². The topological polar surface area (TPSA) is 53.0 Å². The van der Waals surface area contributed by atoms with Gasteiger partial charge in [-0.2, -0.15) is 0 Å². The van der Waals surface area contributed by atoms with Crippen LogP contribution in [0.3, 0.4) is 0 Å². The van der Waals surface area contributed by atoms with E-state index in [1.54, 1.807) is 0 Å². The van der Waals surface area contributed by atoms with Crippen LogP contribution in [0.5, 0.6) is 5.75 Å². The van der Waals surface area contributed by atoms with Gasteiger partial charge in [0, 0.05) is 31.4 Å². The summed E-state index contributed by atoms with van der Waals surface area (Å²) in [5.74, 6) is 1.01. The molecular formula is C22H26N2O3. The summed E-state index contributed by atoms with van der Waals surface area (Å²) < 4.78 is 5.69. The van der Waals surface area contributed by atoms with Gasteiger partial charge in [-0.15, -0.1) is 0 Å². The van der Waals surface area contributed by atoms with Crippen molar-refractivity contribution in [2.45, 2.75) is 24.8 Å². The molecule has 142 valence electrons. The first-order valence-electron chi connectivity index (χ1n) is 9.57. The summed E-state index contributed by atoms with van der Waals surface area (Å²) in [5, 5.41) is 9.05. The maximum absolute atomic E-state index is 13.2. The third-order valence-corrected chi connectivity index (χ3v) is 5.78. The van der Waals surface area contributed by atoms with E-state index in [1.165, 1.54) is 0 Å². The van der Waals surface area contributed by atoms with Crippen molar-refractivity contribution in [2.24, 2.45) is 0 Å². The fourth-order valence-electron chi connectivity index (χ4n) is 4.56.